The highest BCUT2D eigenvalue weighted by molar-refractivity contribution is 7.49. The average molecular weight is 543 g/mol. The molecule has 12 nitrogen and oxygen atoms in total. The molecule has 4 rings (SSSR count). The van der Waals surface area contributed by atoms with Crippen LogP contribution in [0.2, 0.25) is 0 Å². The van der Waals surface area contributed by atoms with E-state index < -0.39 is 61.3 Å². The van der Waals surface area contributed by atoms with E-state index in [9.17, 15) is 19.6 Å². The number of aliphatic hydroxyl groups is 2. The monoisotopic (exact) mass is 542 g/mol. The van der Waals surface area contributed by atoms with Crippen molar-refractivity contribution in [1.29, 1.82) is 0 Å². The molecular weight excluding hydrogens is 510 g/mol. The van der Waals surface area contributed by atoms with Crippen LogP contribution in [0, 0.1) is 5.82 Å². The maximum Gasteiger partial charge on any atom is 0.530 e. The number of hydrogen-bond donors (Lipinski definition) is 3. The Bertz CT molecular complexity index is 1310. The summed E-state index contributed by atoms with van der Waals surface area (Å²) in [4.78, 5) is 19.3. The van der Waals surface area contributed by atoms with Crippen LogP contribution < -0.4 is 15.9 Å². The van der Waals surface area contributed by atoms with E-state index >= 15 is 4.39 Å². The van der Waals surface area contributed by atoms with Gasteiger partial charge >= 0.3 is 13.5 Å². The highest BCUT2D eigenvalue weighted by Gasteiger charge is 2.47. The van der Waals surface area contributed by atoms with Crippen LogP contribution in [0.5, 0.6) is 5.75 Å². The summed E-state index contributed by atoms with van der Waals surface area (Å²) in [6.45, 7) is 10.5. The third-order valence-electron chi connectivity index (χ3n) is 6.25. The molecule has 1 fully saturated rings. The summed E-state index contributed by atoms with van der Waals surface area (Å²) >= 11 is 0. The van der Waals surface area contributed by atoms with Crippen molar-refractivity contribution >= 4 is 13.8 Å². The summed E-state index contributed by atoms with van der Waals surface area (Å²) in [5, 5.41) is 20.8. The van der Waals surface area contributed by atoms with E-state index in [4.69, 9.17) is 24.0 Å². The predicted octanol–water partition coefficient (Wildman–Crippen LogP) is 2.31. The SMILES string of the molecule is CC(C)(C)c1cc(C(C)(C)C)c2c(c1F)COP(=O)(OC[C@H]1O[C@@H](n3cnc(N)nc3=O)[C@H](O)[C@@H]1O)O2. The quantitative estimate of drug-likeness (QED) is 0.485. The second kappa shape index (κ2) is 9.40. The Morgan fingerprint density at radius 3 is 2.43 bits per heavy atom. The molecule has 204 valence electrons. The maximum atomic E-state index is 15.4. The van der Waals surface area contributed by atoms with Crippen molar-refractivity contribution in [2.75, 3.05) is 12.3 Å². The number of nitrogens with zero attached hydrogens (tertiary/aromatic N) is 3. The highest BCUT2D eigenvalue weighted by atomic mass is 31.2. The largest absolute Gasteiger partial charge is 0.530 e. The van der Waals surface area contributed by atoms with E-state index in [0.717, 1.165) is 10.9 Å². The van der Waals surface area contributed by atoms with Crippen LogP contribution in [0.25, 0.3) is 0 Å². The van der Waals surface area contributed by atoms with Crippen LogP contribution >= 0.6 is 7.82 Å². The number of ether oxygens (including phenoxy) is 1. The van der Waals surface area contributed by atoms with Gasteiger partial charge in [0.15, 0.2) is 6.23 Å². The number of hydrogen-bond acceptors (Lipinski definition) is 11. The fourth-order valence-electron chi connectivity index (χ4n) is 4.17. The highest BCUT2D eigenvalue weighted by Crippen LogP contribution is 2.58. The van der Waals surface area contributed by atoms with Gasteiger partial charge in [-0.3, -0.25) is 13.6 Å². The lowest BCUT2D eigenvalue weighted by Gasteiger charge is -2.33. The molecule has 0 amide bonds. The first-order valence-electron chi connectivity index (χ1n) is 11.7. The molecule has 2 aliphatic heterocycles. The van der Waals surface area contributed by atoms with Crippen LogP contribution in [-0.4, -0.2) is 49.7 Å². The Morgan fingerprint density at radius 1 is 1.19 bits per heavy atom. The van der Waals surface area contributed by atoms with Crippen molar-refractivity contribution in [1.82, 2.24) is 14.5 Å². The topological polar surface area (TPSA) is 168 Å². The van der Waals surface area contributed by atoms with Crippen molar-refractivity contribution < 1.29 is 37.5 Å². The molecule has 4 N–H and O–H groups in total. The van der Waals surface area contributed by atoms with Crippen LogP contribution in [0.1, 0.15) is 64.5 Å². The molecule has 1 aromatic carbocycles. The van der Waals surface area contributed by atoms with Gasteiger partial charge in [0.2, 0.25) is 5.95 Å². The van der Waals surface area contributed by atoms with E-state index in [1.807, 2.05) is 41.5 Å². The van der Waals surface area contributed by atoms with E-state index in [-0.39, 0.29) is 23.9 Å². The summed E-state index contributed by atoms with van der Waals surface area (Å²) in [5.74, 6) is -0.679. The third-order valence-corrected chi connectivity index (χ3v) is 7.57. The van der Waals surface area contributed by atoms with Crippen LogP contribution in [0.15, 0.2) is 17.2 Å². The third kappa shape index (κ3) is 5.29. The normalized spacial score (nSPS) is 28.1. The fraction of sp³-hybridized carbons (Fsp3) is 0.609. The molecule has 5 atom stereocenters. The average Bonchev–Trinajstić information content (AvgIpc) is 3.04. The second-order valence-electron chi connectivity index (χ2n) is 11.2. The molecule has 1 saturated heterocycles. The van der Waals surface area contributed by atoms with Gasteiger partial charge in [0.05, 0.1) is 18.8 Å². The zero-order valence-corrected chi connectivity index (χ0v) is 22.4. The lowest BCUT2D eigenvalue weighted by Crippen LogP contribution is -2.36. The molecule has 3 heterocycles. The van der Waals surface area contributed by atoms with Gasteiger partial charge in [-0.05, 0) is 22.5 Å². The molecule has 0 bridgehead atoms. The first-order chi connectivity index (χ1) is 17.0. The lowest BCUT2D eigenvalue weighted by atomic mass is 9.78. The first-order valence-corrected chi connectivity index (χ1v) is 13.2. The van der Waals surface area contributed by atoms with Gasteiger partial charge in [0.1, 0.15) is 36.2 Å². The molecule has 14 heteroatoms. The second-order valence-corrected chi connectivity index (χ2v) is 12.7. The molecule has 0 aliphatic carbocycles. The molecule has 37 heavy (non-hydrogen) atoms. The Labute approximate surface area is 213 Å². The minimum Gasteiger partial charge on any atom is -0.403 e. The number of benzene rings is 1. The van der Waals surface area contributed by atoms with Gasteiger partial charge in [-0.1, -0.05) is 41.5 Å². The van der Waals surface area contributed by atoms with Crippen LogP contribution in [0.3, 0.4) is 0 Å². The Balaban J connectivity index is 1.56. The lowest BCUT2D eigenvalue weighted by molar-refractivity contribution is -0.0559. The number of halogens is 1. The number of aliphatic hydroxyl groups excluding tert-OH is 2. The molecular formula is C23H32FN4O8P. The molecule has 2 aliphatic rings. The molecule has 1 aromatic heterocycles. The summed E-state index contributed by atoms with van der Waals surface area (Å²) in [5.41, 5.74) is 4.80. The number of rotatable bonds is 4. The summed E-state index contributed by atoms with van der Waals surface area (Å²) in [6.07, 6.45) is -4.61. The minimum absolute atomic E-state index is 0.0870. The number of nitrogens with two attached hydrogens (primary N) is 1. The Kier molecular flexibility index (Phi) is 7.02. The summed E-state index contributed by atoms with van der Waals surface area (Å²) < 4.78 is 51.7. The van der Waals surface area contributed by atoms with Crippen molar-refractivity contribution in [2.24, 2.45) is 0 Å². The van der Waals surface area contributed by atoms with E-state index in [2.05, 4.69) is 9.97 Å². The van der Waals surface area contributed by atoms with E-state index in [1.54, 1.807) is 6.07 Å². The van der Waals surface area contributed by atoms with Crippen molar-refractivity contribution in [3.05, 3.63) is 45.4 Å². The van der Waals surface area contributed by atoms with Crippen molar-refractivity contribution in [3.8, 4) is 5.75 Å². The van der Waals surface area contributed by atoms with Gasteiger partial charge < -0.3 is 25.2 Å². The molecule has 0 radical (unpaired) electrons. The number of anilines is 1. The van der Waals surface area contributed by atoms with Gasteiger partial charge in [-0.25, -0.2) is 18.7 Å². The standard InChI is InChI=1S/C23H32FN4O8P/c1-22(2,3)12-7-13(23(4,5)6)18-11(15(12)24)8-33-37(32,36-18)34-9-14-16(29)17(30)19(35-14)28-10-26-20(25)27-21(28)31/h7,10,14,16-17,19,29-30H,8-9H2,1-6H3,(H2,25,27,31)/t14-,16-,17-,19-,37?/m1/s1. The van der Waals surface area contributed by atoms with E-state index in [0.29, 0.717) is 11.1 Å². The number of nitrogen functional groups attached to an aromatic ring is 1. The zero-order valence-electron chi connectivity index (χ0n) is 21.5. The van der Waals surface area contributed by atoms with Crippen LogP contribution in [-0.2, 0) is 35.8 Å². The van der Waals surface area contributed by atoms with Gasteiger partial charge in [-0.15, -0.1) is 0 Å². The molecule has 0 saturated carbocycles. The molecule has 2 aromatic rings. The minimum atomic E-state index is -4.27. The predicted molar refractivity (Wildman–Crippen MR) is 129 cm³/mol. The van der Waals surface area contributed by atoms with E-state index in [1.165, 1.54) is 0 Å². The van der Waals surface area contributed by atoms with Crippen molar-refractivity contribution in [2.45, 2.75) is 83.5 Å². The van der Waals surface area contributed by atoms with Gasteiger partial charge in [0, 0.05) is 5.56 Å². The number of fused-ring (bicyclic) bond motifs is 1. The van der Waals surface area contributed by atoms with Gasteiger partial charge in [-0.2, -0.15) is 4.98 Å². The first kappa shape index (κ1) is 27.6. The molecule has 0 spiro atoms. The smallest absolute Gasteiger partial charge is 0.403 e. The van der Waals surface area contributed by atoms with Crippen molar-refractivity contribution in [3.63, 3.8) is 0 Å². The Morgan fingerprint density at radius 2 is 1.84 bits per heavy atom. The molecule has 1 unspecified atom stereocenters. The number of phosphoric acid groups is 1. The maximum absolute atomic E-state index is 15.4. The number of aromatic nitrogens is 3. The Hall–Kier alpha value is -2.41. The van der Waals surface area contributed by atoms with Gasteiger partial charge in [0.25, 0.3) is 0 Å². The summed E-state index contributed by atoms with van der Waals surface area (Å²) in [6, 6.07) is 1.71. The number of phosphoric ester groups is 1. The van der Waals surface area contributed by atoms with Crippen LogP contribution in [0.4, 0.5) is 10.3 Å². The zero-order chi connectivity index (χ0) is 27.5. The summed E-state index contributed by atoms with van der Waals surface area (Å²) in [7, 11) is -4.27. The fourth-order valence-corrected chi connectivity index (χ4v) is 5.40.